The van der Waals surface area contributed by atoms with E-state index in [1.54, 1.807) is 0 Å². The Morgan fingerprint density at radius 1 is 0.273 bits per heavy atom. The smallest absolute Gasteiger partial charge is 0.164 e. The van der Waals surface area contributed by atoms with Crippen LogP contribution in [-0.4, -0.2) is 15.0 Å². The van der Waals surface area contributed by atoms with Gasteiger partial charge in [0.1, 0.15) is 11.2 Å². The molecule has 0 fully saturated rings. The maximum atomic E-state index is 6.20. The fourth-order valence-corrected chi connectivity index (χ4v) is 7.92. The molecule has 4 heteroatoms. The lowest BCUT2D eigenvalue weighted by Gasteiger charge is -2.13. The van der Waals surface area contributed by atoms with E-state index in [9.17, 15) is 0 Å². The number of hydrogen-bond donors (Lipinski definition) is 0. The molecule has 256 valence electrons. The largest absolute Gasteiger partial charge is 0.456 e. The van der Waals surface area contributed by atoms with E-state index in [1.165, 1.54) is 22.3 Å². The lowest BCUT2D eigenvalue weighted by Crippen LogP contribution is -2.01. The minimum Gasteiger partial charge on any atom is -0.456 e. The van der Waals surface area contributed by atoms with Crippen LogP contribution in [0.4, 0.5) is 0 Å². The average Bonchev–Trinajstić information content (AvgIpc) is 3.62. The zero-order valence-electron chi connectivity index (χ0n) is 29.6. The van der Waals surface area contributed by atoms with Gasteiger partial charge < -0.3 is 4.42 Å². The summed E-state index contributed by atoms with van der Waals surface area (Å²) in [6.07, 6.45) is 0. The molecule has 11 aromatic rings. The first-order valence-electron chi connectivity index (χ1n) is 18.5. The summed E-state index contributed by atoms with van der Waals surface area (Å²) >= 11 is 0. The molecule has 0 radical (unpaired) electrons. The van der Waals surface area contributed by atoms with Crippen LogP contribution in [0.3, 0.4) is 0 Å². The molecule has 11 rings (SSSR count). The van der Waals surface area contributed by atoms with Crippen LogP contribution in [-0.2, 0) is 0 Å². The predicted molar refractivity (Wildman–Crippen MR) is 227 cm³/mol. The summed E-state index contributed by atoms with van der Waals surface area (Å²) in [7, 11) is 0. The van der Waals surface area contributed by atoms with E-state index < -0.39 is 0 Å². The van der Waals surface area contributed by atoms with Gasteiger partial charge in [-0.25, -0.2) is 15.0 Å². The van der Waals surface area contributed by atoms with Crippen molar-refractivity contribution in [2.24, 2.45) is 0 Å². The highest BCUT2D eigenvalue weighted by atomic mass is 16.3. The Morgan fingerprint density at radius 3 is 1.49 bits per heavy atom. The third kappa shape index (κ3) is 5.43. The first-order valence-corrected chi connectivity index (χ1v) is 18.5. The highest BCUT2D eigenvalue weighted by Gasteiger charge is 2.17. The van der Waals surface area contributed by atoms with Crippen molar-refractivity contribution in [1.29, 1.82) is 0 Å². The van der Waals surface area contributed by atoms with Crippen LogP contribution in [0.25, 0.3) is 111 Å². The van der Waals surface area contributed by atoms with Crippen LogP contribution in [0.2, 0.25) is 0 Å². The van der Waals surface area contributed by atoms with E-state index in [4.69, 9.17) is 19.4 Å². The molecule has 0 spiro atoms. The van der Waals surface area contributed by atoms with Gasteiger partial charge in [-0.05, 0) is 97.0 Å². The number of nitrogens with zero attached hydrogens (tertiary/aromatic N) is 3. The quantitative estimate of drug-likeness (QED) is 0.179. The fraction of sp³-hybridized carbons (Fsp3) is 0. The number of hydrogen-bond acceptors (Lipinski definition) is 4. The molecule has 0 atom stereocenters. The van der Waals surface area contributed by atoms with Crippen molar-refractivity contribution in [3.05, 3.63) is 188 Å². The summed E-state index contributed by atoms with van der Waals surface area (Å²) in [6, 6.07) is 65.9. The number of aromatic nitrogens is 3. The maximum absolute atomic E-state index is 6.20. The van der Waals surface area contributed by atoms with Gasteiger partial charge in [0.05, 0.1) is 0 Å². The normalized spacial score (nSPS) is 11.6. The van der Waals surface area contributed by atoms with Crippen molar-refractivity contribution in [2.45, 2.75) is 0 Å². The fourth-order valence-electron chi connectivity index (χ4n) is 7.92. The van der Waals surface area contributed by atoms with E-state index in [0.717, 1.165) is 70.9 Å². The van der Waals surface area contributed by atoms with Crippen LogP contribution >= 0.6 is 0 Å². The molecule has 4 nitrogen and oxygen atoms in total. The van der Waals surface area contributed by atoms with Crippen molar-refractivity contribution in [3.63, 3.8) is 0 Å². The molecule has 0 amide bonds. The number of furan rings is 1. The lowest BCUT2D eigenvalue weighted by molar-refractivity contribution is 0.669. The molecular weight excluding hydrogens is 671 g/mol. The van der Waals surface area contributed by atoms with Gasteiger partial charge in [0.25, 0.3) is 0 Å². The number of rotatable bonds is 5. The Hall–Kier alpha value is -7.43. The van der Waals surface area contributed by atoms with Crippen LogP contribution in [0, 0.1) is 0 Å². The standard InChI is InChI=1S/C51H31N3O/c1-3-11-32(12-4-1)34-19-20-36-28-38(23-21-35(36)27-34)49-52-50(39-24-22-37-31-48-46(30-40(37)29-39)44-17-9-10-18-47(44)55-48)54-51(53-49)45-26-25-41(33-13-5-2-6-14-33)42-15-7-8-16-43(42)45/h1-31H. The van der Waals surface area contributed by atoms with Gasteiger partial charge in [0.15, 0.2) is 17.5 Å². The maximum Gasteiger partial charge on any atom is 0.164 e. The Kier molecular flexibility index (Phi) is 7.14. The van der Waals surface area contributed by atoms with E-state index in [1.807, 2.05) is 18.2 Å². The summed E-state index contributed by atoms with van der Waals surface area (Å²) in [5.41, 5.74) is 9.31. The van der Waals surface area contributed by atoms with Crippen molar-refractivity contribution in [3.8, 4) is 56.4 Å². The van der Waals surface area contributed by atoms with E-state index in [2.05, 4.69) is 170 Å². The van der Waals surface area contributed by atoms with Crippen LogP contribution in [0.5, 0.6) is 0 Å². The molecule has 0 unspecified atom stereocenters. The molecule has 0 saturated heterocycles. The van der Waals surface area contributed by atoms with E-state index >= 15 is 0 Å². The van der Waals surface area contributed by atoms with Gasteiger partial charge >= 0.3 is 0 Å². The minimum atomic E-state index is 0.620. The van der Waals surface area contributed by atoms with Gasteiger partial charge in [-0.1, -0.05) is 146 Å². The summed E-state index contributed by atoms with van der Waals surface area (Å²) in [5.74, 6) is 1.88. The Bertz CT molecular complexity index is 3260. The van der Waals surface area contributed by atoms with Crippen molar-refractivity contribution in [1.82, 2.24) is 15.0 Å². The van der Waals surface area contributed by atoms with Gasteiger partial charge in [-0.2, -0.15) is 0 Å². The SMILES string of the molecule is c1ccc(-c2ccc3cc(-c4nc(-c5ccc6cc7oc8ccccc8c7cc6c5)nc(-c5ccc(-c6ccccc6)c6ccccc56)n4)ccc3c2)cc1. The zero-order valence-corrected chi connectivity index (χ0v) is 29.6. The third-order valence-corrected chi connectivity index (χ3v) is 10.7. The Morgan fingerprint density at radius 2 is 0.782 bits per heavy atom. The predicted octanol–water partition coefficient (Wildman–Crippen LogP) is 13.6. The number of para-hydroxylation sites is 1. The molecule has 0 aliphatic heterocycles. The first-order chi connectivity index (χ1) is 27.2. The first kappa shape index (κ1) is 31.1. The minimum absolute atomic E-state index is 0.620. The van der Waals surface area contributed by atoms with Crippen LogP contribution in [0.15, 0.2) is 192 Å². The van der Waals surface area contributed by atoms with Gasteiger partial charge in [-0.3, -0.25) is 0 Å². The lowest BCUT2D eigenvalue weighted by atomic mass is 9.94. The topological polar surface area (TPSA) is 51.8 Å². The molecule has 0 aliphatic rings. The summed E-state index contributed by atoms with van der Waals surface area (Å²) < 4.78 is 6.20. The highest BCUT2D eigenvalue weighted by Crippen LogP contribution is 2.38. The second kappa shape index (κ2) is 12.6. The molecule has 0 bridgehead atoms. The summed E-state index contributed by atoms with van der Waals surface area (Å²) in [6.45, 7) is 0. The van der Waals surface area contributed by atoms with Gasteiger partial charge in [0.2, 0.25) is 0 Å². The molecule has 0 aliphatic carbocycles. The summed E-state index contributed by atoms with van der Waals surface area (Å²) in [4.78, 5) is 15.6. The van der Waals surface area contributed by atoms with E-state index in [-0.39, 0.29) is 0 Å². The van der Waals surface area contributed by atoms with E-state index in [0.29, 0.717) is 17.5 Å². The Labute approximate surface area is 317 Å². The highest BCUT2D eigenvalue weighted by molar-refractivity contribution is 6.10. The monoisotopic (exact) mass is 701 g/mol. The number of fused-ring (bicyclic) bond motifs is 6. The average molecular weight is 702 g/mol. The van der Waals surface area contributed by atoms with Crippen molar-refractivity contribution >= 4 is 54.3 Å². The summed E-state index contributed by atoms with van der Waals surface area (Å²) in [5, 5.41) is 8.91. The molecular formula is C51H31N3O. The van der Waals surface area contributed by atoms with Crippen molar-refractivity contribution in [2.75, 3.05) is 0 Å². The molecule has 9 aromatic carbocycles. The third-order valence-electron chi connectivity index (χ3n) is 10.7. The molecule has 0 saturated carbocycles. The zero-order chi connectivity index (χ0) is 36.3. The second-order valence-electron chi connectivity index (χ2n) is 14.0. The van der Waals surface area contributed by atoms with Gasteiger partial charge in [0, 0.05) is 27.5 Å². The molecule has 0 N–H and O–H groups in total. The van der Waals surface area contributed by atoms with Crippen LogP contribution in [0.1, 0.15) is 0 Å². The second-order valence-corrected chi connectivity index (χ2v) is 14.0. The Balaban J connectivity index is 1.10. The van der Waals surface area contributed by atoms with Gasteiger partial charge in [-0.15, -0.1) is 0 Å². The van der Waals surface area contributed by atoms with Crippen molar-refractivity contribution < 1.29 is 4.42 Å². The number of benzene rings is 9. The molecule has 55 heavy (non-hydrogen) atoms. The molecule has 2 aromatic heterocycles. The van der Waals surface area contributed by atoms with Crippen LogP contribution < -0.4 is 0 Å². The molecule has 2 heterocycles.